The van der Waals surface area contributed by atoms with Gasteiger partial charge < -0.3 is 23.7 Å². The smallest absolute Gasteiger partial charge is 0.336 e. The number of hydrogen-bond donors (Lipinski definition) is 0. The summed E-state index contributed by atoms with van der Waals surface area (Å²) in [6.07, 6.45) is 6.10. The van der Waals surface area contributed by atoms with Gasteiger partial charge in [0.1, 0.15) is 24.4 Å². The van der Waals surface area contributed by atoms with Gasteiger partial charge in [-0.2, -0.15) is 0 Å². The summed E-state index contributed by atoms with van der Waals surface area (Å²) >= 11 is 0. The fourth-order valence-electron chi connectivity index (χ4n) is 11.4. The maximum atomic E-state index is 13.9. The van der Waals surface area contributed by atoms with Crippen molar-refractivity contribution in [3.05, 3.63) is 23.3 Å². The molecule has 3 spiro atoms. The Hall–Kier alpha value is -2.85. The molecule has 1 saturated heterocycles. The second kappa shape index (κ2) is 10.1. The predicted molar refractivity (Wildman–Crippen MR) is 157 cm³/mol. The summed E-state index contributed by atoms with van der Waals surface area (Å²) in [6.45, 7) is 10.6. The maximum absolute atomic E-state index is 13.9. The standard InChI is InChI=1S/C35H44O10/c1-17-11-26(44-31(40)22(17)15-41-14-18(2)36)19(3)23-7-8-24-25-12-29-35(45-29)28(42-20(4)37)10-9-27(39)34(35)16-33(25,34)13-30(32(23,24)6)43-21(5)38/h9-10,19,23-26,28-30H,7-8,11-16H2,1-6H3. The van der Waals surface area contributed by atoms with E-state index in [1.54, 1.807) is 12.2 Å². The van der Waals surface area contributed by atoms with Gasteiger partial charge in [0.2, 0.25) is 0 Å². The van der Waals surface area contributed by atoms with Gasteiger partial charge in [-0.05, 0) is 87.2 Å². The zero-order valence-corrected chi connectivity index (χ0v) is 27.0. The SMILES string of the molecule is CC(=O)COCC1=C(C)CC(C(C)C2CCC3C4CC5OC56C(OC(C)=O)C=CC(=O)C65CC45CC(OC(C)=O)C23C)OC1=O. The highest BCUT2D eigenvalue weighted by atomic mass is 16.7. The van der Waals surface area contributed by atoms with Gasteiger partial charge in [-0.25, -0.2) is 4.79 Å². The van der Waals surface area contributed by atoms with Crippen molar-refractivity contribution >= 4 is 29.5 Å². The van der Waals surface area contributed by atoms with Crippen LogP contribution < -0.4 is 0 Å². The van der Waals surface area contributed by atoms with Gasteiger partial charge in [-0.1, -0.05) is 19.4 Å². The highest BCUT2D eigenvalue weighted by Gasteiger charge is 2.95. The number of esters is 3. The van der Waals surface area contributed by atoms with Gasteiger partial charge in [0.15, 0.2) is 17.7 Å². The van der Waals surface area contributed by atoms with E-state index in [9.17, 15) is 24.0 Å². The Labute approximate surface area is 263 Å². The number of ketones is 2. The molecule has 0 aromatic rings. The average Bonchev–Trinajstić information content (AvgIpc) is 3.81. The molecule has 2 aliphatic heterocycles. The number of rotatable bonds is 8. The van der Waals surface area contributed by atoms with Crippen LogP contribution in [0, 0.1) is 39.9 Å². The lowest BCUT2D eigenvalue weighted by atomic mass is 9.48. The molecule has 4 saturated carbocycles. The van der Waals surface area contributed by atoms with E-state index >= 15 is 0 Å². The fraction of sp³-hybridized carbons (Fsp3) is 0.743. The van der Waals surface area contributed by atoms with Crippen molar-refractivity contribution in [2.24, 2.45) is 39.9 Å². The number of epoxide rings is 1. The zero-order valence-electron chi connectivity index (χ0n) is 27.0. The summed E-state index contributed by atoms with van der Waals surface area (Å²) in [7, 11) is 0. The average molecular weight is 625 g/mol. The van der Waals surface area contributed by atoms with Crippen molar-refractivity contribution in [2.75, 3.05) is 13.2 Å². The van der Waals surface area contributed by atoms with Crippen LogP contribution in [0.5, 0.6) is 0 Å². The van der Waals surface area contributed by atoms with Gasteiger partial charge in [0.05, 0.1) is 23.7 Å². The molecule has 45 heavy (non-hydrogen) atoms. The van der Waals surface area contributed by atoms with E-state index < -0.39 is 46.0 Å². The zero-order chi connectivity index (χ0) is 32.3. The summed E-state index contributed by atoms with van der Waals surface area (Å²) in [5.41, 5.74) is -1.03. The van der Waals surface area contributed by atoms with Crippen LogP contribution in [-0.4, -0.2) is 72.7 Å². The fourth-order valence-corrected chi connectivity index (χ4v) is 11.4. The van der Waals surface area contributed by atoms with Crippen LogP contribution in [0.3, 0.4) is 0 Å². The number of Topliss-reactive ketones (excluding diaryl/α,β-unsaturated/α-hetero) is 1. The second-order valence-electron chi connectivity index (χ2n) is 15.2. The minimum Gasteiger partial charge on any atom is -0.462 e. The number of hydrogen-bond acceptors (Lipinski definition) is 10. The van der Waals surface area contributed by atoms with E-state index in [0.29, 0.717) is 24.8 Å². The molecule has 2 heterocycles. The first-order valence-corrected chi connectivity index (χ1v) is 16.4. The van der Waals surface area contributed by atoms with Crippen molar-refractivity contribution in [3.63, 3.8) is 0 Å². The van der Waals surface area contributed by atoms with Crippen LogP contribution in [0.4, 0.5) is 0 Å². The molecule has 0 aromatic heterocycles. The molecule has 7 rings (SSSR count). The minimum absolute atomic E-state index is 0.00805. The Morgan fingerprint density at radius 1 is 1.07 bits per heavy atom. The largest absolute Gasteiger partial charge is 0.462 e. The van der Waals surface area contributed by atoms with E-state index in [1.807, 2.05) is 6.92 Å². The molecule has 5 aliphatic carbocycles. The Balaban J connectivity index is 1.18. The molecule has 0 amide bonds. The van der Waals surface area contributed by atoms with Crippen LogP contribution in [-0.2, 0) is 47.7 Å². The summed E-state index contributed by atoms with van der Waals surface area (Å²) in [4.78, 5) is 63.0. The Morgan fingerprint density at radius 3 is 2.47 bits per heavy atom. The topological polar surface area (TPSA) is 135 Å². The van der Waals surface area contributed by atoms with Crippen LogP contribution in [0.1, 0.15) is 80.1 Å². The van der Waals surface area contributed by atoms with Gasteiger partial charge in [0, 0.05) is 25.7 Å². The van der Waals surface area contributed by atoms with Crippen molar-refractivity contribution in [2.45, 2.75) is 110 Å². The Bertz CT molecular complexity index is 1450. The first-order valence-electron chi connectivity index (χ1n) is 16.4. The molecule has 12 unspecified atom stereocenters. The van der Waals surface area contributed by atoms with Crippen LogP contribution in [0.25, 0.3) is 0 Å². The maximum Gasteiger partial charge on any atom is 0.336 e. The molecule has 0 aromatic carbocycles. The summed E-state index contributed by atoms with van der Waals surface area (Å²) in [6, 6.07) is 0. The minimum atomic E-state index is -0.840. The summed E-state index contributed by atoms with van der Waals surface area (Å²) in [5.74, 6) is -0.742. The van der Waals surface area contributed by atoms with Crippen molar-refractivity contribution < 1.29 is 47.7 Å². The van der Waals surface area contributed by atoms with Crippen molar-refractivity contribution in [1.29, 1.82) is 0 Å². The monoisotopic (exact) mass is 624 g/mol. The number of cyclic esters (lactones) is 1. The molecule has 7 aliphatic rings. The lowest BCUT2D eigenvalue weighted by Crippen LogP contribution is -2.61. The molecular weight excluding hydrogens is 580 g/mol. The number of allylic oxidation sites excluding steroid dienone is 1. The van der Waals surface area contributed by atoms with E-state index in [2.05, 4.69) is 13.8 Å². The van der Waals surface area contributed by atoms with E-state index in [0.717, 1.165) is 24.8 Å². The highest BCUT2D eigenvalue weighted by molar-refractivity contribution is 6.02. The lowest BCUT2D eigenvalue weighted by molar-refractivity contribution is -0.186. The van der Waals surface area contributed by atoms with E-state index in [-0.39, 0.29) is 66.6 Å². The molecule has 5 fully saturated rings. The number of carbonyl (C=O) groups excluding carboxylic acids is 5. The Morgan fingerprint density at radius 2 is 1.80 bits per heavy atom. The summed E-state index contributed by atoms with van der Waals surface area (Å²) in [5, 5.41) is 0. The molecule has 0 bridgehead atoms. The van der Waals surface area contributed by atoms with E-state index in [1.165, 1.54) is 20.8 Å². The number of carbonyl (C=O) groups is 5. The van der Waals surface area contributed by atoms with Gasteiger partial charge in [0.25, 0.3) is 0 Å². The third-order valence-electron chi connectivity index (χ3n) is 13.2. The third kappa shape index (κ3) is 4.03. The van der Waals surface area contributed by atoms with Gasteiger partial charge >= 0.3 is 17.9 Å². The third-order valence-corrected chi connectivity index (χ3v) is 13.2. The lowest BCUT2D eigenvalue weighted by Gasteiger charge is -2.57. The van der Waals surface area contributed by atoms with Crippen LogP contribution in [0.2, 0.25) is 0 Å². The molecule has 12 atom stereocenters. The van der Waals surface area contributed by atoms with E-state index in [4.69, 9.17) is 23.7 Å². The van der Waals surface area contributed by atoms with Crippen molar-refractivity contribution in [1.82, 2.24) is 0 Å². The molecular formula is C35H44O10. The quantitative estimate of drug-likeness (QED) is 0.223. The highest BCUT2D eigenvalue weighted by Crippen LogP contribution is 2.89. The first-order chi connectivity index (χ1) is 21.2. The van der Waals surface area contributed by atoms with Crippen LogP contribution >= 0.6 is 0 Å². The van der Waals surface area contributed by atoms with Crippen molar-refractivity contribution in [3.8, 4) is 0 Å². The predicted octanol–water partition coefficient (Wildman–Crippen LogP) is 3.83. The van der Waals surface area contributed by atoms with Crippen LogP contribution in [0.15, 0.2) is 23.3 Å². The van der Waals surface area contributed by atoms with Gasteiger partial charge in [-0.3, -0.25) is 19.2 Å². The number of ether oxygens (including phenoxy) is 5. The van der Waals surface area contributed by atoms with Gasteiger partial charge in [-0.15, -0.1) is 0 Å². The molecule has 244 valence electrons. The molecule has 0 N–H and O–H groups in total. The Kier molecular flexibility index (Phi) is 6.89. The first kappa shape index (κ1) is 30.8. The normalized spacial score (nSPS) is 46.0. The molecule has 0 radical (unpaired) electrons. The molecule has 10 nitrogen and oxygen atoms in total. The molecule has 10 heteroatoms. The summed E-state index contributed by atoms with van der Waals surface area (Å²) < 4.78 is 29.9. The number of fused-ring (bicyclic) bond motifs is 2. The second-order valence-corrected chi connectivity index (χ2v) is 15.2.